The third-order valence-corrected chi connectivity index (χ3v) is 17.1. The van der Waals surface area contributed by atoms with E-state index < -0.39 is 17.1 Å². The van der Waals surface area contributed by atoms with Crippen molar-refractivity contribution in [2.45, 2.75) is 211 Å². The van der Waals surface area contributed by atoms with E-state index >= 15 is 0 Å². The number of amides is 6. The van der Waals surface area contributed by atoms with Gasteiger partial charge in [0.15, 0.2) is 0 Å². The van der Waals surface area contributed by atoms with Gasteiger partial charge in [0.1, 0.15) is 5.60 Å². The smallest absolute Gasteiger partial charge is 0.407 e. The van der Waals surface area contributed by atoms with E-state index in [1.165, 1.54) is 25.7 Å². The number of anilines is 3. The molecule has 3 aromatic rings. The minimum atomic E-state index is -0.943. The average molecular weight is 1230 g/mol. The Hall–Kier alpha value is -6.57. The molecule has 5 N–H and O–H groups in total. The number of carbonyl (C=O) groups excluding carboxylic acids is 6. The van der Waals surface area contributed by atoms with Crippen molar-refractivity contribution in [2.75, 3.05) is 95.9 Å². The lowest BCUT2D eigenvalue weighted by Crippen LogP contribution is -2.43. The molecule has 0 unspecified atom stereocenters. The van der Waals surface area contributed by atoms with Crippen molar-refractivity contribution < 1.29 is 47.7 Å². The molecule has 0 aromatic heterocycles. The molecule has 1 saturated heterocycles. The van der Waals surface area contributed by atoms with E-state index in [1.54, 1.807) is 23.9 Å². The van der Waals surface area contributed by atoms with E-state index in [4.69, 9.17) is 24.5 Å². The molecule has 7 rings (SSSR count). The summed E-state index contributed by atoms with van der Waals surface area (Å²) in [7, 11) is 3.51. The summed E-state index contributed by atoms with van der Waals surface area (Å²) in [6, 6.07) is 18.0. The zero-order valence-corrected chi connectivity index (χ0v) is 54.6. The van der Waals surface area contributed by atoms with Gasteiger partial charge in [-0.2, -0.15) is 0 Å². The molecule has 2 atom stereocenters. The van der Waals surface area contributed by atoms with E-state index in [2.05, 4.69) is 86.9 Å². The van der Waals surface area contributed by atoms with Crippen molar-refractivity contribution in [3.8, 4) is 0 Å². The van der Waals surface area contributed by atoms with Gasteiger partial charge in [-0.1, -0.05) is 121 Å². The average Bonchev–Trinajstić information content (AvgIpc) is 0.898. The molecule has 89 heavy (non-hydrogen) atoms. The van der Waals surface area contributed by atoms with Crippen LogP contribution in [0.5, 0.6) is 0 Å². The van der Waals surface area contributed by atoms with Gasteiger partial charge < -0.3 is 55.3 Å². The van der Waals surface area contributed by atoms with Gasteiger partial charge in [-0.25, -0.2) is 4.79 Å². The predicted molar refractivity (Wildman–Crippen MR) is 350 cm³/mol. The second-order valence-electron chi connectivity index (χ2n) is 25.3. The number of ether oxygens (including phenoxy) is 4. The van der Waals surface area contributed by atoms with Crippen LogP contribution < -0.4 is 26.6 Å². The van der Waals surface area contributed by atoms with Crippen molar-refractivity contribution >= 4 is 52.7 Å². The van der Waals surface area contributed by atoms with Gasteiger partial charge in [-0.05, 0) is 135 Å². The minimum Gasteiger partial charge on any atom is -0.444 e. The number of benzene rings is 3. The maximum absolute atomic E-state index is 14.5. The molecule has 20 heteroatoms. The van der Waals surface area contributed by atoms with Crippen LogP contribution in [0.25, 0.3) is 10.4 Å². The Morgan fingerprint density at radius 3 is 1.47 bits per heavy atom. The number of azide groups is 1. The summed E-state index contributed by atoms with van der Waals surface area (Å²) in [6.07, 6.45) is 18.8. The molecule has 1 fully saturated rings. The maximum atomic E-state index is 14.5. The Morgan fingerprint density at radius 2 is 1.02 bits per heavy atom. The summed E-state index contributed by atoms with van der Waals surface area (Å²) in [6.45, 7) is 13.7. The molecule has 0 spiro atoms. The predicted octanol–water partition coefficient (Wildman–Crippen LogP) is 12.8. The second-order valence-corrected chi connectivity index (χ2v) is 25.3. The van der Waals surface area contributed by atoms with Crippen LogP contribution in [-0.2, 0) is 48.3 Å². The van der Waals surface area contributed by atoms with Gasteiger partial charge >= 0.3 is 6.09 Å². The summed E-state index contributed by atoms with van der Waals surface area (Å²) in [5.74, 6) is -0.513. The zero-order chi connectivity index (χ0) is 64.0. The van der Waals surface area contributed by atoms with Crippen LogP contribution in [-0.4, -0.2) is 143 Å². The third kappa shape index (κ3) is 22.7. The quantitative estimate of drug-likeness (QED) is 0.0154. The van der Waals surface area contributed by atoms with Crippen LogP contribution in [0.1, 0.15) is 222 Å². The first-order chi connectivity index (χ1) is 43.0. The Balaban J connectivity index is 1.15. The van der Waals surface area contributed by atoms with Gasteiger partial charge in [0.25, 0.3) is 0 Å². The fourth-order valence-corrected chi connectivity index (χ4v) is 12.4. The molecule has 0 radical (unpaired) electrons. The summed E-state index contributed by atoms with van der Waals surface area (Å²) in [5.41, 5.74) is 15.4. The van der Waals surface area contributed by atoms with Crippen LogP contribution in [0.3, 0.4) is 0 Å². The fourth-order valence-electron chi connectivity index (χ4n) is 12.4. The lowest BCUT2D eigenvalue weighted by atomic mass is 9.51. The number of rotatable bonds is 42. The van der Waals surface area contributed by atoms with Gasteiger partial charge in [-0.3, -0.25) is 24.0 Å². The summed E-state index contributed by atoms with van der Waals surface area (Å²) in [5, 5.41) is 19.3. The lowest BCUT2D eigenvalue weighted by molar-refractivity contribution is -0.132. The first-order valence-corrected chi connectivity index (χ1v) is 33.3. The number of hydrogen-bond acceptors (Lipinski definition) is 12. The van der Waals surface area contributed by atoms with Crippen LogP contribution >= 0.6 is 0 Å². The number of nitrogens with zero attached hydrogens (tertiary/aromatic N) is 5. The van der Waals surface area contributed by atoms with E-state index in [9.17, 15) is 28.8 Å². The normalized spacial score (nSPS) is 17.0. The molecule has 20 nitrogen and oxygen atoms in total. The summed E-state index contributed by atoms with van der Waals surface area (Å²) >= 11 is 0. The van der Waals surface area contributed by atoms with Crippen LogP contribution in [0, 0.1) is 0 Å². The first kappa shape index (κ1) is 71.5. The Labute approximate surface area is 529 Å². The number of nitrogens with one attached hydrogen (secondary N) is 5. The molecular weight excluding hydrogens is 1130 g/mol. The SMILES string of the molecule is CCCCCCCCC(=O)Nc1ccc2c(c1)C1(CCC(=O)N(C)CCOCCOCCOCCN(C)C(=O)[C@@H]3C[C@H](N=[N+]=[N-])CN3)c3cc(NC(=O)CCCCCCCC)ccc3C2c2ccc(NC(=O)CCCCCCCNC(=O)OC(C)(C)C)cc21. The molecule has 1 aliphatic heterocycles. The molecule has 0 saturated carbocycles. The molecule has 6 amide bonds. The zero-order valence-electron chi connectivity index (χ0n) is 54.6. The van der Waals surface area contributed by atoms with Crippen LogP contribution in [0.15, 0.2) is 59.7 Å². The standard InChI is InChI=1S/C69H104N10O10/c1-8-10-12-14-17-21-25-61(80)73-50-28-31-54-57(45-50)69(35-34-64(83)78(6)37-39-86-41-43-88-44-42-87-40-38-79(7)66(84)60-48-53(49-72-60)76-77-70)58-46-51(74-62(81)26-22-18-15-13-11-9-2)29-32-55(58)65(54)56-33-30-52(47-59(56)69)75-63(82)27-23-19-16-20-24-36-71-67(85)89-68(3,4)5/h28-33,45-47,53,60,65,72H,8-27,34-44,48-49H2,1-7H3,(H,71,85)(H,73,80)(H,74,81)(H,75,82)/t53-,60-,65?,69?/m0/s1. The highest BCUT2D eigenvalue weighted by Gasteiger charge is 2.52. The maximum Gasteiger partial charge on any atom is 0.407 e. The van der Waals surface area contributed by atoms with Crippen molar-refractivity contribution in [3.63, 3.8) is 0 Å². The van der Waals surface area contributed by atoms with Gasteiger partial charge in [0, 0.05) is 99.3 Å². The third-order valence-electron chi connectivity index (χ3n) is 17.1. The van der Waals surface area contributed by atoms with Crippen molar-refractivity contribution in [3.05, 3.63) is 98.4 Å². The van der Waals surface area contributed by atoms with Gasteiger partial charge in [0.2, 0.25) is 29.5 Å². The van der Waals surface area contributed by atoms with E-state index in [1.807, 2.05) is 39.0 Å². The van der Waals surface area contributed by atoms with Crippen molar-refractivity contribution in [1.82, 2.24) is 20.4 Å². The summed E-state index contributed by atoms with van der Waals surface area (Å²) in [4.78, 5) is 86.6. The van der Waals surface area contributed by atoms with E-state index in [0.717, 1.165) is 110 Å². The minimum absolute atomic E-state index is 0.0429. The number of alkyl carbamates (subject to hydrolysis) is 1. The highest BCUT2D eigenvalue weighted by molar-refractivity contribution is 5.94. The van der Waals surface area contributed by atoms with Crippen molar-refractivity contribution in [1.29, 1.82) is 0 Å². The largest absolute Gasteiger partial charge is 0.444 e. The molecule has 3 aromatic carbocycles. The first-order valence-electron chi connectivity index (χ1n) is 33.3. The molecular formula is C69H104N10O10. The number of likely N-dealkylation sites (N-methyl/N-ethyl adjacent to an activating group) is 2. The van der Waals surface area contributed by atoms with Crippen LogP contribution in [0.2, 0.25) is 0 Å². The molecule has 1 heterocycles. The Morgan fingerprint density at radius 1 is 0.596 bits per heavy atom. The molecule has 2 bridgehead atoms. The number of carbonyl (C=O) groups is 6. The highest BCUT2D eigenvalue weighted by atomic mass is 16.6. The van der Waals surface area contributed by atoms with E-state index in [0.29, 0.717) is 121 Å². The molecule has 3 aliphatic carbocycles. The Kier molecular flexibility index (Phi) is 30.2. The highest BCUT2D eigenvalue weighted by Crippen LogP contribution is 2.62. The second kappa shape index (κ2) is 37.6. The van der Waals surface area contributed by atoms with E-state index in [-0.39, 0.29) is 54.0 Å². The van der Waals surface area contributed by atoms with Crippen LogP contribution in [0.4, 0.5) is 21.9 Å². The lowest BCUT2D eigenvalue weighted by Gasteiger charge is -2.51. The van der Waals surface area contributed by atoms with Crippen molar-refractivity contribution in [2.24, 2.45) is 5.11 Å². The Bertz CT molecular complexity index is 2730. The number of hydrogen-bond donors (Lipinski definition) is 5. The monoisotopic (exact) mass is 1230 g/mol. The fraction of sp³-hybridized carbons (Fsp3) is 0.652. The number of unbranched alkanes of at least 4 members (excludes halogenated alkanes) is 14. The summed E-state index contributed by atoms with van der Waals surface area (Å²) < 4.78 is 22.7. The van der Waals surface area contributed by atoms with Gasteiger partial charge in [0.05, 0.1) is 51.7 Å². The molecule has 490 valence electrons. The molecule has 4 aliphatic rings. The topological polar surface area (TPSA) is 255 Å². The van der Waals surface area contributed by atoms with Gasteiger partial charge in [-0.15, -0.1) is 0 Å².